The quantitative estimate of drug-likeness (QED) is 0.302. The van der Waals surface area contributed by atoms with Gasteiger partial charge in [0.1, 0.15) is 10.5 Å². The zero-order chi connectivity index (χ0) is 30.7. The Hall–Kier alpha value is -2.90. The van der Waals surface area contributed by atoms with Gasteiger partial charge in [0, 0.05) is 24.5 Å². The summed E-state index contributed by atoms with van der Waals surface area (Å²) in [6.45, 7) is 8.51. The van der Waals surface area contributed by atoms with E-state index in [1.54, 1.807) is 38.1 Å². The van der Waals surface area contributed by atoms with E-state index in [9.17, 15) is 24.3 Å². The Morgan fingerprint density at radius 3 is 2.46 bits per heavy atom. The van der Waals surface area contributed by atoms with Gasteiger partial charge in [-0.25, -0.2) is 4.79 Å². The maximum absolute atomic E-state index is 13.9. The molecule has 0 radical (unpaired) electrons. The van der Waals surface area contributed by atoms with E-state index in [2.05, 4.69) is 16.0 Å². The first-order valence-electron chi connectivity index (χ1n) is 12.9. The normalized spacial score (nSPS) is 15.9. The number of aliphatic hydroxyl groups excluding tert-OH is 2. The van der Waals surface area contributed by atoms with Crippen molar-refractivity contribution >= 4 is 69.0 Å². The molecule has 224 valence electrons. The number of benzene rings is 1. The van der Waals surface area contributed by atoms with E-state index in [-0.39, 0.29) is 47.2 Å². The predicted octanol–water partition coefficient (Wildman–Crippen LogP) is 3.53. The van der Waals surface area contributed by atoms with E-state index in [4.69, 9.17) is 28.3 Å². The van der Waals surface area contributed by atoms with Gasteiger partial charge < -0.3 is 30.6 Å². The summed E-state index contributed by atoms with van der Waals surface area (Å²) in [5.41, 5.74) is -1.09. The lowest BCUT2D eigenvalue weighted by Crippen LogP contribution is -2.65. The van der Waals surface area contributed by atoms with Crippen LogP contribution in [0.3, 0.4) is 0 Å². The van der Waals surface area contributed by atoms with Crippen molar-refractivity contribution in [3.05, 3.63) is 44.8 Å². The predicted molar refractivity (Wildman–Crippen MR) is 160 cm³/mol. The molecule has 1 unspecified atom stereocenters. The van der Waals surface area contributed by atoms with Gasteiger partial charge in [-0.2, -0.15) is 0 Å². The summed E-state index contributed by atoms with van der Waals surface area (Å²) in [4.78, 5) is 56.2. The second kappa shape index (κ2) is 13.0. The van der Waals surface area contributed by atoms with Crippen LogP contribution in [-0.2, 0) is 15.0 Å². The molecule has 0 bridgehead atoms. The third kappa shape index (κ3) is 7.69. The monoisotopic (exact) mass is 627 g/mol. The Bertz CT molecular complexity index is 1330. The minimum Gasteiger partial charge on any atom is -0.394 e. The third-order valence-electron chi connectivity index (χ3n) is 6.53. The number of hydrogen-bond acceptors (Lipinski definition) is 7. The fraction of sp³-hybridized carbons (Fsp3) is 0.481. The molecule has 1 fully saturated rings. The summed E-state index contributed by atoms with van der Waals surface area (Å²) in [6.07, 6.45) is -1.10. The van der Waals surface area contributed by atoms with Crippen molar-refractivity contribution in [1.29, 1.82) is 0 Å². The number of anilines is 2. The lowest BCUT2D eigenvalue weighted by Gasteiger charge is -2.45. The van der Waals surface area contributed by atoms with Gasteiger partial charge in [-0.1, -0.05) is 50.0 Å². The largest absolute Gasteiger partial charge is 0.394 e. The molecule has 0 saturated carbocycles. The highest BCUT2D eigenvalue weighted by Gasteiger charge is 2.45. The van der Waals surface area contributed by atoms with Crippen molar-refractivity contribution in [3.63, 3.8) is 0 Å². The van der Waals surface area contributed by atoms with Gasteiger partial charge in [0.25, 0.3) is 5.91 Å². The average Bonchev–Trinajstić information content (AvgIpc) is 3.32. The lowest BCUT2D eigenvalue weighted by atomic mass is 9.93. The molecule has 2 heterocycles. The van der Waals surface area contributed by atoms with Gasteiger partial charge in [0.05, 0.1) is 40.6 Å². The molecule has 3 rings (SSSR count). The fourth-order valence-corrected chi connectivity index (χ4v) is 5.60. The number of rotatable bonds is 8. The molecule has 5 N–H and O–H groups in total. The molecule has 1 aromatic heterocycles. The summed E-state index contributed by atoms with van der Waals surface area (Å²) < 4.78 is 0. The number of urea groups is 1. The summed E-state index contributed by atoms with van der Waals surface area (Å²) in [5, 5.41) is 27.0. The lowest BCUT2D eigenvalue weighted by molar-refractivity contribution is -0.149. The van der Waals surface area contributed by atoms with Crippen LogP contribution < -0.4 is 16.0 Å². The molecule has 14 heteroatoms. The molecular weight excluding hydrogens is 593 g/mol. The molecule has 1 aliphatic rings. The van der Waals surface area contributed by atoms with Gasteiger partial charge in [-0.05, 0) is 37.5 Å². The number of nitrogens with one attached hydrogen (secondary N) is 3. The summed E-state index contributed by atoms with van der Waals surface area (Å²) >= 11 is 13.5. The highest BCUT2D eigenvalue weighted by Crippen LogP contribution is 2.38. The second-order valence-electron chi connectivity index (χ2n) is 11.2. The molecule has 1 aromatic carbocycles. The van der Waals surface area contributed by atoms with E-state index in [1.165, 1.54) is 21.1 Å². The van der Waals surface area contributed by atoms with Crippen LogP contribution in [0.4, 0.5) is 15.5 Å². The number of carbonyl (C=O) groups excluding carboxylic acids is 4. The number of halogens is 2. The van der Waals surface area contributed by atoms with Crippen LogP contribution in [0.15, 0.2) is 24.3 Å². The molecule has 11 nitrogen and oxygen atoms in total. The Morgan fingerprint density at radius 1 is 1.15 bits per heavy atom. The Labute approximate surface area is 252 Å². The van der Waals surface area contributed by atoms with E-state index in [0.29, 0.717) is 10.7 Å². The number of nitrogens with zero attached hydrogens (tertiary/aromatic N) is 2. The average molecular weight is 629 g/mol. The SMILES string of the molecule is CC(C)(C)c1cc(C(=O)N2CCN(CC(=O)NCC(O)CO)C(=O)C2(C)C)c(NC(=O)Nc2cccc(Cl)c2Cl)s1. The van der Waals surface area contributed by atoms with E-state index in [0.717, 1.165) is 4.88 Å². The zero-order valence-electron chi connectivity index (χ0n) is 23.5. The highest BCUT2D eigenvalue weighted by molar-refractivity contribution is 7.16. The Kier molecular flexibility index (Phi) is 10.3. The van der Waals surface area contributed by atoms with Gasteiger partial charge in [0.2, 0.25) is 11.8 Å². The maximum atomic E-state index is 13.9. The topological polar surface area (TPSA) is 151 Å². The molecule has 2 aromatic rings. The molecule has 41 heavy (non-hydrogen) atoms. The Morgan fingerprint density at radius 2 is 1.83 bits per heavy atom. The third-order valence-corrected chi connectivity index (χ3v) is 8.83. The summed E-state index contributed by atoms with van der Waals surface area (Å²) in [6, 6.07) is 5.93. The van der Waals surface area contributed by atoms with Crippen molar-refractivity contribution in [3.8, 4) is 0 Å². The number of aliphatic hydroxyl groups is 2. The number of hydrogen-bond donors (Lipinski definition) is 5. The maximum Gasteiger partial charge on any atom is 0.324 e. The minimum atomic E-state index is -1.29. The second-order valence-corrected chi connectivity index (χ2v) is 13.0. The van der Waals surface area contributed by atoms with Gasteiger partial charge in [-0.3, -0.25) is 19.7 Å². The minimum absolute atomic E-state index is 0.108. The Balaban J connectivity index is 1.81. The molecular formula is C27H35Cl2N5O6S. The van der Waals surface area contributed by atoms with Crippen LogP contribution in [0.5, 0.6) is 0 Å². The van der Waals surface area contributed by atoms with Crippen molar-refractivity contribution in [2.75, 3.05) is 43.4 Å². The van der Waals surface area contributed by atoms with Crippen molar-refractivity contribution < 1.29 is 29.4 Å². The van der Waals surface area contributed by atoms with Crippen molar-refractivity contribution in [2.24, 2.45) is 0 Å². The van der Waals surface area contributed by atoms with E-state index in [1.807, 2.05) is 20.8 Å². The van der Waals surface area contributed by atoms with Crippen LogP contribution in [-0.4, -0.2) is 88.2 Å². The van der Waals surface area contributed by atoms with Crippen LogP contribution in [0.25, 0.3) is 0 Å². The molecule has 1 saturated heterocycles. The first-order valence-corrected chi connectivity index (χ1v) is 14.5. The first-order chi connectivity index (χ1) is 19.1. The van der Waals surface area contributed by atoms with Gasteiger partial charge in [-0.15, -0.1) is 11.3 Å². The van der Waals surface area contributed by atoms with E-state index < -0.39 is 42.0 Å². The first kappa shape index (κ1) is 32.6. The van der Waals surface area contributed by atoms with Crippen LogP contribution >= 0.6 is 34.5 Å². The zero-order valence-corrected chi connectivity index (χ0v) is 25.8. The van der Waals surface area contributed by atoms with Crippen LogP contribution in [0, 0.1) is 0 Å². The molecule has 1 aliphatic heterocycles. The number of carbonyl (C=O) groups is 4. The smallest absolute Gasteiger partial charge is 0.324 e. The number of thiophene rings is 1. The molecule has 5 amide bonds. The van der Waals surface area contributed by atoms with Crippen molar-refractivity contribution in [2.45, 2.75) is 51.7 Å². The van der Waals surface area contributed by atoms with E-state index >= 15 is 0 Å². The van der Waals surface area contributed by atoms with Gasteiger partial charge >= 0.3 is 6.03 Å². The van der Waals surface area contributed by atoms with Crippen LogP contribution in [0.2, 0.25) is 10.0 Å². The number of amides is 5. The summed E-state index contributed by atoms with van der Waals surface area (Å²) in [7, 11) is 0. The highest BCUT2D eigenvalue weighted by atomic mass is 35.5. The fourth-order valence-electron chi connectivity index (χ4n) is 4.15. The number of piperazine rings is 1. The van der Waals surface area contributed by atoms with Gasteiger partial charge in [0.15, 0.2) is 0 Å². The van der Waals surface area contributed by atoms with Crippen LogP contribution in [0.1, 0.15) is 49.9 Å². The molecule has 0 aliphatic carbocycles. The molecule has 1 atom stereocenters. The molecule has 0 spiro atoms. The standard InChI is InChI=1S/C27H35Cl2N5O6S/c1-26(2,3)19-11-16(22(41-19)32-25(40)31-18-8-6-7-17(28)21(18)29)23(38)34-10-9-33(24(39)27(34,4)5)13-20(37)30-12-15(36)14-35/h6-8,11,15,35-36H,9-10,12-14H2,1-5H3,(H,30,37)(H2,31,32,40). The summed E-state index contributed by atoms with van der Waals surface area (Å²) in [5.74, 6) is -1.36. The van der Waals surface area contributed by atoms with Crippen molar-refractivity contribution in [1.82, 2.24) is 15.1 Å².